The smallest absolute Gasteiger partial charge is 0.274 e. The van der Waals surface area contributed by atoms with Crippen molar-refractivity contribution in [3.63, 3.8) is 0 Å². The molecule has 0 saturated heterocycles. The van der Waals surface area contributed by atoms with Crippen LogP contribution in [0.1, 0.15) is 17.4 Å². The first-order valence-corrected chi connectivity index (χ1v) is 7.29. The number of anilines is 1. The Morgan fingerprint density at radius 2 is 1.83 bits per heavy atom. The molecule has 0 aliphatic heterocycles. The van der Waals surface area contributed by atoms with Crippen molar-refractivity contribution in [1.82, 2.24) is 4.98 Å². The van der Waals surface area contributed by atoms with E-state index in [-0.39, 0.29) is 23.0 Å². The molecule has 5 heteroatoms. The molecule has 3 aromatic rings. The number of hydrogen-bond donors (Lipinski definition) is 1. The summed E-state index contributed by atoms with van der Waals surface area (Å²) >= 11 is 0. The molecule has 1 aromatic heterocycles. The van der Waals surface area contributed by atoms with Crippen molar-refractivity contribution < 1.29 is 9.18 Å². The van der Waals surface area contributed by atoms with Gasteiger partial charge < -0.3 is 9.88 Å². The van der Waals surface area contributed by atoms with Crippen LogP contribution >= 0.6 is 0 Å². The summed E-state index contributed by atoms with van der Waals surface area (Å²) in [5, 5.41) is 1.24. The summed E-state index contributed by atoms with van der Waals surface area (Å²) in [4.78, 5) is 29.0. The normalized spacial score (nSPS) is 10.7. The maximum Gasteiger partial charge on any atom is 0.274 e. The van der Waals surface area contributed by atoms with Gasteiger partial charge in [0.1, 0.15) is 11.5 Å². The Kier molecular flexibility index (Phi) is 3.93. The van der Waals surface area contributed by atoms with Crippen LogP contribution in [0.4, 0.5) is 10.1 Å². The van der Waals surface area contributed by atoms with Gasteiger partial charge in [0.05, 0.1) is 0 Å². The quantitative estimate of drug-likeness (QED) is 0.806. The minimum atomic E-state index is -0.364. The molecule has 4 nitrogen and oxygen atoms in total. The van der Waals surface area contributed by atoms with Gasteiger partial charge in [0.2, 0.25) is 0 Å². The number of pyridine rings is 1. The molecular weight excluding hydrogens is 295 g/mol. The van der Waals surface area contributed by atoms with Crippen molar-refractivity contribution in [2.45, 2.75) is 6.92 Å². The van der Waals surface area contributed by atoms with Gasteiger partial charge in [-0.05, 0) is 48.7 Å². The van der Waals surface area contributed by atoms with Gasteiger partial charge in [-0.15, -0.1) is 0 Å². The summed E-state index contributed by atoms with van der Waals surface area (Å²) in [6.07, 6.45) is 0. The second-order valence-corrected chi connectivity index (χ2v) is 5.13. The van der Waals surface area contributed by atoms with E-state index < -0.39 is 0 Å². The number of carbonyl (C=O) groups is 1. The second-order valence-electron chi connectivity index (χ2n) is 5.13. The molecule has 0 saturated carbocycles. The lowest BCUT2D eigenvalue weighted by molar-refractivity contribution is 0.0983. The average Bonchev–Trinajstić information content (AvgIpc) is 2.57. The summed E-state index contributed by atoms with van der Waals surface area (Å²) in [6, 6.07) is 14.4. The minimum absolute atomic E-state index is 0.208. The van der Waals surface area contributed by atoms with E-state index in [1.165, 1.54) is 29.2 Å². The van der Waals surface area contributed by atoms with E-state index in [2.05, 4.69) is 4.98 Å². The van der Waals surface area contributed by atoms with Gasteiger partial charge in [0, 0.05) is 17.6 Å². The van der Waals surface area contributed by atoms with E-state index in [0.717, 1.165) is 0 Å². The maximum absolute atomic E-state index is 13.1. The van der Waals surface area contributed by atoms with E-state index in [4.69, 9.17) is 0 Å². The SMILES string of the molecule is CCN(C(=O)c1cc2ccccc2c(=O)[nH]1)c1ccc(F)cc1. The first-order chi connectivity index (χ1) is 11.1. The first kappa shape index (κ1) is 15.0. The van der Waals surface area contributed by atoms with Gasteiger partial charge in [0.25, 0.3) is 11.5 Å². The molecule has 23 heavy (non-hydrogen) atoms. The number of benzene rings is 2. The topological polar surface area (TPSA) is 53.2 Å². The molecule has 2 aromatic carbocycles. The third-order valence-corrected chi connectivity index (χ3v) is 3.68. The van der Waals surface area contributed by atoms with Crippen LogP contribution in [-0.2, 0) is 0 Å². The summed E-state index contributed by atoms with van der Waals surface area (Å²) in [7, 11) is 0. The van der Waals surface area contributed by atoms with Crippen molar-refractivity contribution in [2.24, 2.45) is 0 Å². The van der Waals surface area contributed by atoms with Crippen LogP contribution in [0.2, 0.25) is 0 Å². The zero-order chi connectivity index (χ0) is 16.4. The Labute approximate surface area is 132 Å². The zero-order valence-electron chi connectivity index (χ0n) is 12.5. The van der Waals surface area contributed by atoms with Crippen LogP contribution in [0, 0.1) is 5.82 Å². The summed E-state index contributed by atoms with van der Waals surface area (Å²) in [5.41, 5.74) is 0.481. The molecule has 1 N–H and O–H groups in total. The fraction of sp³-hybridized carbons (Fsp3) is 0.111. The Morgan fingerprint density at radius 1 is 1.13 bits per heavy atom. The number of aromatic nitrogens is 1. The van der Waals surface area contributed by atoms with Gasteiger partial charge in [-0.2, -0.15) is 0 Å². The van der Waals surface area contributed by atoms with Gasteiger partial charge in [-0.3, -0.25) is 9.59 Å². The van der Waals surface area contributed by atoms with E-state index in [1.807, 2.05) is 13.0 Å². The average molecular weight is 310 g/mol. The van der Waals surface area contributed by atoms with Crippen LogP contribution < -0.4 is 10.5 Å². The molecule has 0 aliphatic carbocycles. The molecule has 0 atom stereocenters. The zero-order valence-corrected chi connectivity index (χ0v) is 12.5. The third kappa shape index (κ3) is 2.85. The molecular formula is C18H15FN2O2. The molecule has 0 unspecified atom stereocenters. The van der Waals surface area contributed by atoms with Crippen molar-refractivity contribution in [2.75, 3.05) is 11.4 Å². The fourth-order valence-electron chi connectivity index (χ4n) is 2.54. The monoisotopic (exact) mass is 310 g/mol. The molecule has 0 radical (unpaired) electrons. The number of H-pyrrole nitrogens is 1. The number of amides is 1. The molecule has 0 bridgehead atoms. The van der Waals surface area contributed by atoms with Crippen LogP contribution in [0.15, 0.2) is 59.4 Å². The Morgan fingerprint density at radius 3 is 2.52 bits per heavy atom. The number of aromatic amines is 1. The van der Waals surface area contributed by atoms with Crippen LogP contribution in [-0.4, -0.2) is 17.4 Å². The lowest BCUT2D eigenvalue weighted by Gasteiger charge is -2.21. The highest BCUT2D eigenvalue weighted by Gasteiger charge is 2.18. The molecule has 0 spiro atoms. The fourth-order valence-corrected chi connectivity index (χ4v) is 2.54. The predicted octanol–water partition coefficient (Wildman–Crippen LogP) is 3.33. The van der Waals surface area contributed by atoms with Crippen molar-refractivity contribution in [1.29, 1.82) is 0 Å². The number of nitrogens with zero attached hydrogens (tertiary/aromatic N) is 1. The first-order valence-electron chi connectivity index (χ1n) is 7.29. The molecule has 3 rings (SSSR count). The highest BCUT2D eigenvalue weighted by Crippen LogP contribution is 2.18. The Balaban J connectivity index is 2.04. The van der Waals surface area contributed by atoms with E-state index >= 15 is 0 Å². The van der Waals surface area contributed by atoms with Gasteiger partial charge in [-0.25, -0.2) is 4.39 Å². The van der Waals surface area contributed by atoms with E-state index in [9.17, 15) is 14.0 Å². The number of carbonyl (C=O) groups excluding carboxylic acids is 1. The van der Waals surface area contributed by atoms with Crippen molar-refractivity contribution in [3.8, 4) is 0 Å². The highest BCUT2D eigenvalue weighted by atomic mass is 19.1. The highest BCUT2D eigenvalue weighted by molar-refractivity contribution is 6.06. The number of rotatable bonds is 3. The summed E-state index contributed by atoms with van der Waals surface area (Å²) in [6.45, 7) is 2.22. The molecule has 1 amide bonds. The van der Waals surface area contributed by atoms with Crippen LogP contribution in [0.25, 0.3) is 10.8 Å². The predicted molar refractivity (Wildman–Crippen MR) is 88.3 cm³/mol. The molecule has 116 valence electrons. The van der Waals surface area contributed by atoms with Crippen LogP contribution in [0.3, 0.4) is 0 Å². The van der Waals surface area contributed by atoms with E-state index in [0.29, 0.717) is 23.0 Å². The van der Waals surface area contributed by atoms with E-state index in [1.54, 1.807) is 24.3 Å². The molecule has 1 heterocycles. The molecule has 0 aliphatic rings. The Bertz CT molecular complexity index is 916. The number of halogens is 1. The number of nitrogens with one attached hydrogen (secondary N) is 1. The number of fused-ring (bicyclic) bond motifs is 1. The summed E-state index contributed by atoms with van der Waals surface area (Å²) < 4.78 is 13.1. The maximum atomic E-state index is 13.1. The van der Waals surface area contributed by atoms with Gasteiger partial charge >= 0.3 is 0 Å². The van der Waals surface area contributed by atoms with Gasteiger partial charge in [0.15, 0.2) is 0 Å². The van der Waals surface area contributed by atoms with Crippen molar-refractivity contribution >= 4 is 22.4 Å². The standard InChI is InChI=1S/C18H15FN2O2/c1-2-21(14-9-7-13(19)8-10-14)18(23)16-11-12-5-3-4-6-15(12)17(22)20-16/h3-11H,2H2,1H3,(H,20,22). The van der Waals surface area contributed by atoms with Crippen molar-refractivity contribution in [3.05, 3.63) is 76.5 Å². The lowest BCUT2D eigenvalue weighted by atomic mass is 10.1. The third-order valence-electron chi connectivity index (χ3n) is 3.68. The Hall–Kier alpha value is -2.95. The van der Waals surface area contributed by atoms with Crippen LogP contribution in [0.5, 0.6) is 0 Å². The minimum Gasteiger partial charge on any atom is -0.317 e. The lowest BCUT2D eigenvalue weighted by Crippen LogP contribution is -2.32. The largest absolute Gasteiger partial charge is 0.317 e. The summed E-state index contributed by atoms with van der Waals surface area (Å²) in [5.74, 6) is -0.696. The second kappa shape index (κ2) is 6.04. The molecule has 0 fully saturated rings. The van der Waals surface area contributed by atoms with Gasteiger partial charge in [-0.1, -0.05) is 18.2 Å². The number of hydrogen-bond acceptors (Lipinski definition) is 2.